The lowest BCUT2D eigenvalue weighted by molar-refractivity contribution is 0.0789. The van der Waals surface area contributed by atoms with Crippen LogP contribution < -0.4 is 0 Å². The lowest BCUT2D eigenvalue weighted by Crippen LogP contribution is -2.25. The van der Waals surface area contributed by atoms with Gasteiger partial charge in [-0.2, -0.15) is 5.10 Å². The molecule has 4 heteroatoms. The Balaban J connectivity index is 2.05. The van der Waals surface area contributed by atoms with E-state index in [-0.39, 0.29) is 6.10 Å². The van der Waals surface area contributed by atoms with Crippen LogP contribution in [0.25, 0.3) is 11.1 Å². The number of nitrogens with zero attached hydrogens (tertiary/aromatic N) is 2. The minimum Gasteiger partial charge on any atom is -0.381 e. The van der Waals surface area contributed by atoms with Gasteiger partial charge in [-0.1, -0.05) is 29.8 Å². The van der Waals surface area contributed by atoms with Gasteiger partial charge in [-0.05, 0) is 12.5 Å². The summed E-state index contributed by atoms with van der Waals surface area (Å²) in [5, 5.41) is 5.22. The molecule has 3 rings (SSSR count). The summed E-state index contributed by atoms with van der Waals surface area (Å²) in [6, 6.07) is 7.90. The minimum atomic E-state index is 0.287. The highest BCUT2D eigenvalue weighted by atomic mass is 35.5. The summed E-state index contributed by atoms with van der Waals surface area (Å²) in [6.07, 6.45) is 4.12. The molecule has 1 aromatic carbocycles. The van der Waals surface area contributed by atoms with Gasteiger partial charge in [0.1, 0.15) is 0 Å². The van der Waals surface area contributed by atoms with Crippen molar-refractivity contribution in [3.8, 4) is 11.1 Å². The second-order valence-corrected chi connectivity index (χ2v) is 4.97. The van der Waals surface area contributed by atoms with Crippen LogP contribution in [0.3, 0.4) is 0 Å². The number of hydrogen-bond donors (Lipinski definition) is 0. The smallest absolute Gasteiger partial charge is 0.0644 e. The molecule has 0 saturated heterocycles. The zero-order valence-corrected chi connectivity index (χ0v) is 11.0. The number of halogens is 1. The van der Waals surface area contributed by atoms with Crippen molar-refractivity contribution in [1.82, 2.24) is 9.78 Å². The van der Waals surface area contributed by atoms with Crippen molar-refractivity contribution in [2.45, 2.75) is 25.5 Å². The number of benzene rings is 1. The zero-order chi connectivity index (χ0) is 12.5. The Hall–Kier alpha value is -1.32. The van der Waals surface area contributed by atoms with E-state index in [0.717, 1.165) is 35.5 Å². The van der Waals surface area contributed by atoms with Gasteiger partial charge in [0.05, 0.1) is 12.3 Å². The van der Waals surface area contributed by atoms with E-state index in [1.54, 1.807) is 7.11 Å². The van der Waals surface area contributed by atoms with E-state index in [1.165, 1.54) is 5.69 Å². The maximum Gasteiger partial charge on any atom is 0.0644 e. The molecule has 1 unspecified atom stereocenters. The number of ether oxygens (including phenoxy) is 1. The Bertz CT molecular complexity index is 565. The van der Waals surface area contributed by atoms with E-state index < -0.39 is 0 Å². The lowest BCUT2D eigenvalue weighted by Gasteiger charge is -2.23. The predicted molar refractivity (Wildman–Crippen MR) is 71.8 cm³/mol. The van der Waals surface area contributed by atoms with E-state index in [2.05, 4.69) is 9.78 Å². The first-order chi connectivity index (χ1) is 8.79. The van der Waals surface area contributed by atoms with Crippen LogP contribution in [0.5, 0.6) is 0 Å². The molecule has 0 bridgehead atoms. The van der Waals surface area contributed by atoms with Gasteiger partial charge in [-0.25, -0.2) is 0 Å². The van der Waals surface area contributed by atoms with Crippen LogP contribution in [0, 0.1) is 0 Å². The van der Waals surface area contributed by atoms with E-state index in [9.17, 15) is 0 Å². The van der Waals surface area contributed by atoms with Crippen molar-refractivity contribution in [2.75, 3.05) is 7.11 Å². The fraction of sp³-hybridized carbons (Fsp3) is 0.357. The van der Waals surface area contributed by atoms with Crippen LogP contribution in [-0.2, 0) is 17.7 Å². The fourth-order valence-electron chi connectivity index (χ4n) is 2.51. The molecule has 0 fully saturated rings. The second kappa shape index (κ2) is 4.75. The largest absolute Gasteiger partial charge is 0.381 e. The highest BCUT2D eigenvalue weighted by Crippen LogP contribution is 2.32. The molecule has 0 N–H and O–H groups in total. The van der Waals surface area contributed by atoms with Crippen LogP contribution in [0.4, 0.5) is 0 Å². The summed E-state index contributed by atoms with van der Waals surface area (Å²) in [5.74, 6) is 0. The first-order valence-corrected chi connectivity index (χ1v) is 6.50. The second-order valence-electron chi connectivity index (χ2n) is 4.56. The van der Waals surface area contributed by atoms with Crippen molar-refractivity contribution in [3.63, 3.8) is 0 Å². The standard InChI is InChI=1S/C14H15ClN2O/c1-18-10-6-7-17-14(8-10)12(9-16-17)11-4-2-3-5-13(11)15/h2-5,9-10H,6-8H2,1H3. The van der Waals surface area contributed by atoms with Gasteiger partial charge < -0.3 is 4.74 Å². The van der Waals surface area contributed by atoms with Crippen LogP contribution in [0.15, 0.2) is 30.5 Å². The molecule has 3 nitrogen and oxygen atoms in total. The third-order valence-corrected chi connectivity index (χ3v) is 3.86. The van der Waals surface area contributed by atoms with Crippen LogP contribution in [-0.4, -0.2) is 23.0 Å². The highest BCUT2D eigenvalue weighted by molar-refractivity contribution is 6.33. The quantitative estimate of drug-likeness (QED) is 0.831. The van der Waals surface area contributed by atoms with E-state index in [0.29, 0.717) is 0 Å². The third-order valence-electron chi connectivity index (χ3n) is 3.53. The molecule has 94 valence electrons. The molecule has 1 aliphatic heterocycles. The average molecular weight is 263 g/mol. The maximum atomic E-state index is 6.26. The molecule has 0 aliphatic carbocycles. The monoisotopic (exact) mass is 262 g/mol. The predicted octanol–water partition coefficient (Wildman–Crippen LogP) is 3.16. The van der Waals surface area contributed by atoms with Crippen molar-refractivity contribution in [2.24, 2.45) is 0 Å². The van der Waals surface area contributed by atoms with Crippen molar-refractivity contribution < 1.29 is 4.74 Å². The Labute approximate surface area is 111 Å². The highest BCUT2D eigenvalue weighted by Gasteiger charge is 2.23. The van der Waals surface area contributed by atoms with Crippen LogP contribution in [0.2, 0.25) is 5.02 Å². The number of methoxy groups -OCH3 is 1. The van der Waals surface area contributed by atoms with Crippen LogP contribution >= 0.6 is 11.6 Å². The minimum absolute atomic E-state index is 0.287. The SMILES string of the molecule is COC1CCn2ncc(-c3ccccc3Cl)c2C1. The number of hydrogen-bond acceptors (Lipinski definition) is 2. The van der Waals surface area contributed by atoms with Gasteiger partial charge in [0, 0.05) is 41.9 Å². The van der Waals surface area contributed by atoms with Gasteiger partial charge >= 0.3 is 0 Å². The summed E-state index contributed by atoms with van der Waals surface area (Å²) >= 11 is 6.26. The molecule has 1 aliphatic rings. The molecule has 0 radical (unpaired) electrons. The number of aromatic nitrogens is 2. The first-order valence-electron chi connectivity index (χ1n) is 6.12. The lowest BCUT2D eigenvalue weighted by atomic mass is 9.99. The molecular weight excluding hydrogens is 248 g/mol. The fourth-order valence-corrected chi connectivity index (χ4v) is 2.75. The molecule has 2 heterocycles. The molecule has 0 amide bonds. The molecule has 2 aromatic rings. The molecule has 18 heavy (non-hydrogen) atoms. The first kappa shape index (κ1) is 11.8. The van der Waals surface area contributed by atoms with Crippen molar-refractivity contribution in [3.05, 3.63) is 41.2 Å². The number of rotatable bonds is 2. The maximum absolute atomic E-state index is 6.26. The Morgan fingerprint density at radius 1 is 1.33 bits per heavy atom. The normalized spacial score (nSPS) is 18.7. The molecule has 0 spiro atoms. The van der Waals surface area contributed by atoms with E-state index in [1.807, 2.05) is 30.5 Å². The summed E-state index contributed by atoms with van der Waals surface area (Å²) in [5.41, 5.74) is 3.40. The summed E-state index contributed by atoms with van der Waals surface area (Å²) in [6.45, 7) is 0.915. The Morgan fingerprint density at radius 3 is 2.94 bits per heavy atom. The molecule has 1 aromatic heterocycles. The van der Waals surface area contributed by atoms with Crippen molar-refractivity contribution in [1.29, 1.82) is 0 Å². The van der Waals surface area contributed by atoms with Gasteiger partial charge in [0.15, 0.2) is 0 Å². The van der Waals surface area contributed by atoms with Gasteiger partial charge in [0.2, 0.25) is 0 Å². The number of fused-ring (bicyclic) bond motifs is 1. The van der Waals surface area contributed by atoms with E-state index in [4.69, 9.17) is 16.3 Å². The van der Waals surface area contributed by atoms with Crippen molar-refractivity contribution >= 4 is 11.6 Å². The van der Waals surface area contributed by atoms with Gasteiger partial charge in [-0.3, -0.25) is 4.68 Å². The topological polar surface area (TPSA) is 27.1 Å². The van der Waals surface area contributed by atoms with Gasteiger partial charge in [-0.15, -0.1) is 0 Å². The summed E-state index contributed by atoms with van der Waals surface area (Å²) < 4.78 is 7.53. The third kappa shape index (κ3) is 1.93. The molecular formula is C14H15ClN2O. The molecule has 0 saturated carbocycles. The Kier molecular flexibility index (Phi) is 3.10. The molecule has 1 atom stereocenters. The average Bonchev–Trinajstić information content (AvgIpc) is 2.82. The van der Waals surface area contributed by atoms with Crippen LogP contribution in [0.1, 0.15) is 12.1 Å². The number of aryl methyl sites for hydroxylation is 1. The van der Waals surface area contributed by atoms with Gasteiger partial charge in [0.25, 0.3) is 0 Å². The van der Waals surface area contributed by atoms with E-state index >= 15 is 0 Å². The summed E-state index contributed by atoms with van der Waals surface area (Å²) in [4.78, 5) is 0. The summed E-state index contributed by atoms with van der Waals surface area (Å²) in [7, 11) is 1.77. The zero-order valence-electron chi connectivity index (χ0n) is 10.3. The Morgan fingerprint density at radius 2 is 2.17 bits per heavy atom.